The maximum Gasteiger partial charge on any atom is 0.317 e. The van der Waals surface area contributed by atoms with E-state index in [0.29, 0.717) is 19.5 Å². The van der Waals surface area contributed by atoms with Crippen molar-refractivity contribution in [3.05, 3.63) is 0 Å². The molecule has 2 heterocycles. The molecule has 2 atom stereocenters. The van der Waals surface area contributed by atoms with Crippen LogP contribution in [-0.4, -0.2) is 66.2 Å². The Morgan fingerprint density at radius 3 is 2.58 bits per heavy atom. The average molecular weight is 269 g/mol. The number of hydrogen-bond donors (Lipinski definition) is 2. The predicted octanol–water partition coefficient (Wildman–Crippen LogP) is 0.587. The molecule has 6 heteroatoms. The van der Waals surface area contributed by atoms with Crippen LogP contribution in [0.4, 0.5) is 4.79 Å². The van der Waals surface area contributed by atoms with Gasteiger partial charge in [-0.15, -0.1) is 0 Å². The summed E-state index contributed by atoms with van der Waals surface area (Å²) in [6.07, 6.45) is 3.55. The third-order valence-electron chi connectivity index (χ3n) is 4.01. The van der Waals surface area contributed by atoms with E-state index in [4.69, 9.17) is 5.11 Å². The lowest BCUT2D eigenvalue weighted by molar-refractivity contribution is -0.143. The summed E-state index contributed by atoms with van der Waals surface area (Å²) in [4.78, 5) is 27.0. The maximum absolute atomic E-state index is 12.1. The summed E-state index contributed by atoms with van der Waals surface area (Å²) in [6.45, 7) is 2.96. The van der Waals surface area contributed by atoms with Gasteiger partial charge in [0.15, 0.2) is 0 Å². The van der Waals surface area contributed by atoms with Gasteiger partial charge in [0.05, 0.1) is 5.92 Å². The largest absolute Gasteiger partial charge is 0.481 e. The van der Waals surface area contributed by atoms with Crippen molar-refractivity contribution in [2.24, 2.45) is 5.92 Å². The monoisotopic (exact) mass is 269 g/mol. The van der Waals surface area contributed by atoms with Crippen LogP contribution in [0.15, 0.2) is 0 Å². The molecule has 2 N–H and O–H groups in total. The van der Waals surface area contributed by atoms with E-state index in [1.54, 1.807) is 4.90 Å². The first-order chi connectivity index (χ1) is 9.06. The van der Waals surface area contributed by atoms with Crippen LogP contribution in [0.2, 0.25) is 0 Å². The summed E-state index contributed by atoms with van der Waals surface area (Å²) in [5.41, 5.74) is 0. The first-order valence-corrected chi connectivity index (χ1v) is 7.03. The smallest absolute Gasteiger partial charge is 0.317 e. The molecule has 2 aliphatic rings. The molecule has 0 aliphatic carbocycles. The van der Waals surface area contributed by atoms with E-state index in [-0.39, 0.29) is 12.1 Å². The van der Waals surface area contributed by atoms with Crippen LogP contribution in [-0.2, 0) is 4.79 Å². The Bertz CT molecular complexity index is 348. The molecule has 0 spiro atoms. The molecule has 19 heavy (non-hydrogen) atoms. The van der Waals surface area contributed by atoms with E-state index in [1.807, 2.05) is 0 Å². The number of aliphatic carboxylic acids is 1. The molecular formula is C13H23N3O3. The summed E-state index contributed by atoms with van der Waals surface area (Å²) in [5, 5.41) is 12.1. The lowest BCUT2D eigenvalue weighted by Gasteiger charge is -2.35. The Balaban J connectivity index is 1.83. The molecule has 0 aromatic rings. The highest BCUT2D eigenvalue weighted by atomic mass is 16.4. The van der Waals surface area contributed by atoms with Gasteiger partial charge in [-0.3, -0.25) is 4.79 Å². The quantitative estimate of drug-likeness (QED) is 0.769. The number of nitrogens with zero attached hydrogens (tertiary/aromatic N) is 2. The highest BCUT2D eigenvalue weighted by Crippen LogP contribution is 2.17. The van der Waals surface area contributed by atoms with Crippen LogP contribution in [0, 0.1) is 5.92 Å². The van der Waals surface area contributed by atoms with Gasteiger partial charge in [-0.05, 0) is 39.3 Å². The topological polar surface area (TPSA) is 72.9 Å². The van der Waals surface area contributed by atoms with E-state index in [1.165, 1.54) is 0 Å². The van der Waals surface area contributed by atoms with Gasteiger partial charge in [0.25, 0.3) is 0 Å². The lowest BCUT2D eigenvalue weighted by Crippen LogP contribution is -2.53. The number of carboxylic acids is 1. The summed E-state index contributed by atoms with van der Waals surface area (Å²) >= 11 is 0. The Morgan fingerprint density at radius 2 is 1.89 bits per heavy atom. The molecule has 1 unspecified atom stereocenters. The number of carbonyl (C=O) groups excluding carboxylic acids is 1. The zero-order chi connectivity index (χ0) is 13.8. The van der Waals surface area contributed by atoms with Gasteiger partial charge in [-0.1, -0.05) is 0 Å². The minimum absolute atomic E-state index is 0.105. The Kier molecular flexibility index (Phi) is 4.63. The first-order valence-electron chi connectivity index (χ1n) is 7.03. The average Bonchev–Trinajstić information content (AvgIpc) is 2.39. The van der Waals surface area contributed by atoms with Crippen molar-refractivity contribution in [1.82, 2.24) is 15.1 Å². The molecule has 2 saturated heterocycles. The molecule has 2 aliphatic heterocycles. The van der Waals surface area contributed by atoms with E-state index < -0.39 is 11.9 Å². The summed E-state index contributed by atoms with van der Waals surface area (Å²) in [5.74, 6) is -1.21. The molecule has 2 amide bonds. The highest BCUT2D eigenvalue weighted by molar-refractivity contribution is 5.76. The van der Waals surface area contributed by atoms with Crippen molar-refractivity contribution < 1.29 is 14.7 Å². The number of carbonyl (C=O) groups is 2. The minimum Gasteiger partial charge on any atom is -0.481 e. The number of piperidine rings is 2. The zero-order valence-corrected chi connectivity index (χ0v) is 11.5. The number of likely N-dealkylation sites (N-methyl/N-ethyl adjacent to an activating group) is 1. The van der Waals surface area contributed by atoms with Crippen LogP contribution in [0.5, 0.6) is 0 Å². The molecule has 0 radical (unpaired) electrons. The number of amides is 2. The fraction of sp³-hybridized carbons (Fsp3) is 0.846. The second-order valence-corrected chi connectivity index (χ2v) is 5.67. The van der Waals surface area contributed by atoms with E-state index in [9.17, 15) is 9.59 Å². The van der Waals surface area contributed by atoms with Crippen molar-refractivity contribution in [3.63, 3.8) is 0 Å². The number of likely N-dealkylation sites (tertiary alicyclic amines) is 2. The summed E-state index contributed by atoms with van der Waals surface area (Å²) < 4.78 is 0. The van der Waals surface area contributed by atoms with Gasteiger partial charge in [0, 0.05) is 25.7 Å². The fourth-order valence-electron chi connectivity index (χ4n) is 2.91. The molecule has 2 rings (SSSR count). The molecule has 0 aromatic heterocycles. The molecular weight excluding hydrogens is 246 g/mol. The molecule has 2 fully saturated rings. The van der Waals surface area contributed by atoms with Gasteiger partial charge < -0.3 is 20.2 Å². The fourth-order valence-corrected chi connectivity index (χ4v) is 2.91. The van der Waals surface area contributed by atoms with E-state index in [2.05, 4.69) is 17.3 Å². The van der Waals surface area contributed by atoms with Gasteiger partial charge in [-0.2, -0.15) is 0 Å². The second kappa shape index (κ2) is 6.23. The van der Waals surface area contributed by atoms with Crippen molar-refractivity contribution in [2.45, 2.75) is 31.7 Å². The Hall–Kier alpha value is -1.30. The number of carboxylic acid groups (broad SMARTS) is 1. The SMILES string of the molecule is CN1CCCC(NC(=O)N2CCC[C@@H](C(=O)O)C2)C1. The molecule has 0 bridgehead atoms. The maximum atomic E-state index is 12.1. The molecule has 0 saturated carbocycles. The van der Waals surface area contributed by atoms with Crippen LogP contribution < -0.4 is 5.32 Å². The van der Waals surface area contributed by atoms with Crippen LogP contribution in [0.1, 0.15) is 25.7 Å². The van der Waals surface area contributed by atoms with Crippen molar-refractivity contribution >= 4 is 12.0 Å². The highest BCUT2D eigenvalue weighted by Gasteiger charge is 2.29. The second-order valence-electron chi connectivity index (χ2n) is 5.67. The third-order valence-corrected chi connectivity index (χ3v) is 4.01. The van der Waals surface area contributed by atoms with Crippen molar-refractivity contribution in [2.75, 3.05) is 33.2 Å². The Morgan fingerprint density at radius 1 is 1.16 bits per heavy atom. The van der Waals surface area contributed by atoms with Gasteiger partial charge in [0.2, 0.25) is 0 Å². The van der Waals surface area contributed by atoms with Crippen molar-refractivity contribution in [1.29, 1.82) is 0 Å². The molecule has 0 aromatic carbocycles. The van der Waals surface area contributed by atoms with Crippen molar-refractivity contribution in [3.8, 4) is 0 Å². The summed E-state index contributed by atoms with van der Waals surface area (Å²) in [6, 6.07) is 0.0858. The first kappa shape index (κ1) is 14.1. The third kappa shape index (κ3) is 3.83. The van der Waals surface area contributed by atoms with Crippen LogP contribution in [0.3, 0.4) is 0 Å². The minimum atomic E-state index is -0.796. The predicted molar refractivity (Wildman–Crippen MR) is 71.0 cm³/mol. The van der Waals surface area contributed by atoms with Gasteiger partial charge in [-0.25, -0.2) is 4.79 Å². The standard InChI is InChI=1S/C13H23N3O3/c1-15-6-3-5-11(9-15)14-13(19)16-7-2-4-10(8-16)12(17)18/h10-11H,2-9H2,1H3,(H,14,19)(H,17,18)/t10-,11?/m1/s1. The normalized spacial score (nSPS) is 29.0. The number of nitrogens with one attached hydrogen (secondary N) is 1. The van der Waals surface area contributed by atoms with E-state index >= 15 is 0 Å². The van der Waals surface area contributed by atoms with Crippen LogP contribution >= 0.6 is 0 Å². The Labute approximate surface area is 113 Å². The van der Waals surface area contributed by atoms with Crippen LogP contribution in [0.25, 0.3) is 0 Å². The number of hydrogen-bond acceptors (Lipinski definition) is 3. The zero-order valence-electron chi connectivity index (χ0n) is 11.5. The molecule has 108 valence electrons. The number of rotatable bonds is 2. The summed E-state index contributed by atoms with van der Waals surface area (Å²) in [7, 11) is 2.06. The van der Waals surface area contributed by atoms with Gasteiger partial charge in [0.1, 0.15) is 0 Å². The van der Waals surface area contributed by atoms with E-state index in [0.717, 1.165) is 32.4 Å². The van der Waals surface area contributed by atoms with Gasteiger partial charge >= 0.3 is 12.0 Å². The lowest BCUT2D eigenvalue weighted by atomic mass is 9.98. The molecule has 6 nitrogen and oxygen atoms in total. The number of urea groups is 1.